The fraction of sp³-hybridized carbons (Fsp3) is 0.333. The van der Waals surface area contributed by atoms with Crippen molar-refractivity contribution in [2.24, 2.45) is 5.73 Å². The zero-order valence-electron chi connectivity index (χ0n) is 7.15. The summed E-state index contributed by atoms with van der Waals surface area (Å²) in [6.07, 6.45) is -4.28. The summed E-state index contributed by atoms with van der Waals surface area (Å²) in [6.45, 7) is 1.57. The van der Waals surface area contributed by atoms with Gasteiger partial charge >= 0.3 is 6.18 Å². The highest BCUT2D eigenvalue weighted by molar-refractivity contribution is 5.35. The predicted molar refractivity (Wildman–Crippen MR) is 44.1 cm³/mol. The van der Waals surface area contributed by atoms with Crippen LogP contribution < -0.4 is 5.73 Å². The third-order valence-electron chi connectivity index (χ3n) is 1.97. The summed E-state index contributed by atoms with van der Waals surface area (Å²) in [5.41, 5.74) is 5.45. The molecule has 0 aliphatic carbocycles. The van der Waals surface area contributed by atoms with E-state index in [1.54, 1.807) is 6.07 Å². The summed E-state index contributed by atoms with van der Waals surface area (Å²) < 4.78 is 37.0. The average Bonchev–Trinajstić information content (AvgIpc) is 2.02. The number of hydrogen-bond acceptors (Lipinski definition) is 1. The average molecular weight is 189 g/mol. The molecule has 0 heterocycles. The van der Waals surface area contributed by atoms with Crippen LogP contribution in [0.25, 0.3) is 0 Å². The van der Waals surface area contributed by atoms with Gasteiger partial charge in [0.2, 0.25) is 0 Å². The molecule has 0 saturated heterocycles. The maximum absolute atomic E-state index is 12.3. The summed E-state index contributed by atoms with van der Waals surface area (Å²) in [6, 6.07) is 4.04. The van der Waals surface area contributed by atoms with E-state index in [9.17, 15) is 13.2 Å². The van der Waals surface area contributed by atoms with Gasteiger partial charge in [-0.3, -0.25) is 0 Å². The summed E-state index contributed by atoms with van der Waals surface area (Å²) in [5.74, 6) is 0. The van der Waals surface area contributed by atoms with Crippen molar-refractivity contribution in [1.82, 2.24) is 0 Å². The fourth-order valence-electron chi connectivity index (χ4n) is 1.21. The van der Waals surface area contributed by atoms with Crippen LogP contribution in [0.4, 0.5) is 13.2 Å². The van der Waals surface area contributed by atoms with Crippen LogP contribution >= 0.6 is 0 Å². The van der Waals surface area contributed by atoms with Crippen LogP contribution in [0, 0.1) is 6.92 Å². The van der Waals surface area contributed by atoms with E-state index in [0.29, 0.717) is 5.56 Å². The van der Waals surface area contributed by atoms with Crippen LogP contribution in [-0.4, -0.2) is 0 Å². The Hall–Kier alpha value is -1.03. The van der Waals surface area contributed by atoms with Crippen molar-refractivity contribution in [3.8, 4) is 0 Å². The molecule has 1 aromatic carbocycles. The van der Waals surface area contributed by atoms with E-state index in [1.807, 2.05) is 0 Å². The standard InChI is InChI=1S/C9H10F3N/c1-6-7(5-13)3-2-4-8(6)9(10,11)12/h2-4H,5,13H2,1H3. The molecule has 0 saturated carbocycles. The second-order valence-corrected chi connectivity index (χ2v) is 2.79. The molecule has 1 aromatic rings. The monoisotopic (exact) mass is 189 g/mol. The zero-order valence-corrected chi connectivity index (χ0v) is 7.15. The third kappa shape index (κ3) is 2.01. The maximum atomic E-state index is 12.3. The van der Waals surface area contributed by atoms with E-state index in [2.05, 4.69) is 0 Å². The topological polar surface area (TPSA) is 26.0 Å². The van der Waals surface area contributed by atoms with Gasteiger partial charge in [0.25, 0.3) is 0 Å². The van der Waals surface area contributed by atoms with Crippen LogP contribution in [0.15, 0.2) is 18.2 Å². The molecule has 0 aromatic heterocycles. The minimum Gasteiger partial charge on any atom is -0.326 e. The van der Waals surface area contributed by atoms with E-state index in [1.165, 1.54) is 13.0 Å². The largest absolute Gasteiger partial charge is 0.416 e. The maximum Gasteiger partial charge on any atom is 0.416 e. The van der Waals surface area contributed by atoms with Gasteiger partial charge in [0.15, 0.2) is 0 Å². The number of halogens is 3. The van der Waals surface area contributed by atoms with Crippen LogP contribution in [0.2, 0.25) is 0 Å². The van der Waals surface area contributed by atoms with Crippen molar-refractivity contribution < 1.29 is 13.2 Å². The molecule has 0 unspecified atom stereocenters. The Labute approximate surface area is 74.4 Å². The minimum atomic E-state index is -4.28. The molecule has 0 aliphatic heterocycles. The lowest BCUT2D eigenvalue weighted by atomic mass is 10.0. The molecule has 0 fully saturated rings. The number of nitrogens with two attached hydrogens (primary N) is 1. The molecule has 0 spiro atoms. The molecule has 0 atom stereocenters. The van der Waals surface area contributed by atoms with E-state index in [4.69, 9.17) is 5.73 Å². The Bertz CT molecular complexity index is 304. The van der Waals surface area contributed by atoms with Crippen molar-refractivity contribution in [3.05, 3.63) is 34.9 Å². The van der Waals surface area contributed by atoms with Gasteiger partial charge in [-0.25, -0.2) is 0 Å². The number of hydrogen-bond donors (Lipinski definition) is 1. The van der Waals surface area contributed by atoms with Crippen LogP contribution in [0.5, 0.6) is 0 Å². The Kier molecular flexibility index (Phi) is 2.61. The van der Waals surface area contributed by atoms with Crippen molar-refractivity contribution in [2.45, 2.75) is 19.6 Å². The molecule has 0 aliphatic rings. The molecular weight excluding hydrogens is 179 g/mol. The first-order valence-corrected chi connectivity index (χ1v) is 3.82. The SMILES string of the molecule is Cc1c(CN)cccc1C(F)(F)F. The van der Waals surface area contributed by atoms with Crippen molar-refractivity contribution in [1.29, 1.82) is 0 Å². The van der Waals surface area contributed by atoms with Gasteiger partial charge < -0.3 is 5.73 Å². The zero-order chi connectivity index (χ0) is 10.1. The highest BCUT2D eigenvalue weighted by atomic mass is 19.4. The van der Waals surface area contributed by atoms with Gasteiger partial charge in [0.05, 0.1) is 5.56 Å². The van der Waals surface area contributed by atoms with E-state index < -0.39 is 11.7 Å². The molecule has 0 radical (unpaired) electrons. The molecule has 1 nitrogen and oxygen atoms in total. The van der Waals surface area contributed by atoms with E-state index >= 15 is 0 Å². The van der Waals surface area contributed by atoms with Gasteiger partial charge in [-0.15, -0.1) is 0 Å². The third-order valence-corrected chi connectivity index (χ3v) is 1.97. The van der Waals surface area contributed by atoms with Gasteiger partial charge in [-0.05, 0) is 24.1 Å². The van der Waals surface area contributed by atoms with Gasteiger partial charge in [0.1, 0.15) is 0 Å². The number of benzene rings is 1. The second kappa shape index (κ2) is 3.38. The molecule has 0 bridgehead atoms. The Balaban J connectivity index is 3.24. The molecule has 13 heavy (non-hydrogen) atoms. The summed E-state index contributed by atoms with van der Waals surface area (Å²) in [7, 11) is 0. The van der Waals surface area contributed by atoms with E-state index in [0.717, 1.165) is 6.07 Å². The lowest BCUT2D eigenvalue weighted by molar-refractivity contribution is -0.138. The summed E-state index contributed by atoms with van der Waals surface area (Å²) >= 11 is 0. The van der Waals surface area contributed by atoms with E-state index in [-0.39, 0.29) is 12.1 Å². The first-order valence-electron chi connectivity index (χ1n) is 3.82. The van der Waals surface area contributed by atoms with Crippen LogP contribution in [0.1, 0.15) is 16.7 Å². The number of alkyl halides is 3. The first-order chi connectivity index (χ1) is 5.96. The molecule has 0 amide bonds. The molecule has 1 rings (SSSR count). The van der Waals surface area contributed by atoms with Gasteiger partial charge in [-0.1, -0.05) is 12.1 Å². The number of rotatable bonds is 1. The Morgan fingerprint density at radius 3 is 2.38 bits per heavy atom. The smallest absolute Gasteiger partial charge is 0.326 e. The van der Waals surface area contributed by atoms with Crippen molar-refractivity contribution in [3.63, 3.8) is 0 Å². The Morgan fingerprint density at radius 2 is 1.92 bits per heavy atom. The predicted octanol–water partition coefficient (Wildman–Crippen LogP) is 2.47. The van der Waals surface area contributed by atoms with Gasteiger partial charge in [0, 0.05) is 6.54 Å². The lowest BCUT2D eigenvalue weighted by Gasteiger charge is -2.12. The highest BCUT2D eigenvalue weighted by Gasteiger charge is 2.32. The molecule has 2 N–H and O–H groups in total. The van der Waals surface area contributed by atoms with Gasteiger partial charge in [-0.2, -0.15) is 13.2 Å². The molecule has 4 heteroatoms. The quantitative estimate of drug-likeness (QED) is 0.721. The van der Waals surface area contributed by atoms with Crippen LogP contribution in [-0.2, 0) is 12.7 Å². The highest BCUT2D eigenvalue weighted by Crippen LogP contribution is 2.32. The second-order valence-electron chi connectivity index (χ2n) is 2.79. The molecule has 72 valence electrons. The lowest BCUT2D eigenvalue weighted by Crippen LogP contribution is -2.10. The van der Waals surface area contributed by atoms with Crippen molar-refractivity contribution >= 4 is 0 Å². The normalized spacial score (nSPS) is 11.8. The summed E-state index contributed by atoms with van der Waals surface area (Å²) in [4.78, 5) is 0. The summed E-state index contributed by atoms with van der Waals surface area (Å²) in [5, 5.41) is 0. The first kappa shape index (κ1) is 10.1. The Morgan fingerprint density at radius 1 is 1.31 bits per heavy atom. The fourth-order valence-corrected chi connectivity index (χ4v) is 1.21. The minimum absolute atomic E-state index is 0.135. The van der Waals surface area contributed by atoms with Crippen molar-refractivity contribution in [2.75, 3.05) is 0 Å². The van der Waals surface area contributed by atoms with Crippen LogP contribution in [0.3, 0.4) is 0 Å². The molecular formula is C9H10F3N.